The minimum Gasteiger partial charge on any atom is -0.455 e. The number of carbonyl (C=O) groups excluding carboxylic acids is 3. The van der Waals surface area contributed by atoms with Crippen LogP contribution in [0.2, 0.25) is 0 Å². The summed E-state index contributed by atoms with van der Waals surface area (Å²) in [5.41, 5.74) is 1.78. The van der Waals surface area contributed by atoms with E-state index >= 15 is 0 Å². The molecule has 0 aliphatic heterocycles. The molecule has 30 heavy (non-hydrogen) atoms. The van der Waals surface area contributed by atoms with Crippen molar-refractivity contribution in [3.8, 4) is 0 Å². The van der Waals surface area contributed by atoms with Crippen LogP contribution in [0.5, 0.6) is 0 Å². The fraction of sp³-hybridized carbons (Fsp3) is 0.125. The average Bonchev–Trinajstić information content (AvgIpc) is 2.81. The van der Waals surface area contributed by atoms with E-state index in [4.69, 9.17) is 9.47 Å². The van der Waals surface area contributed by atoms with Gasteiger partial charge in [0.2, 0.25) is 0 Å². The molecule has 0 aromatic heterocycles. The predicted octanol–water partition coefficient (Wildman–Crippen LogP) is 4.08. The van der Waals surface area contributed by atoms with Crippen LogP contribution in [0, 0.1) is 0 Å². The SMILES string of the molecule is O=C(NC(C(=O)OCC(=O)c1ccccc1)c1ccccc1)OCc1ccccc1. The van der Waals surface area contributed by atoms with E-state index in [0.717, 1.165) is 5.56 Å². The van der Waals surface area contributed by atoms with E-state index < -0.39 is 24.7 Å². The first kappa shape index (κ1) is 20.8. The van der Waals surface area contributed by atoms with Crippen molar-refractivity contribution < 1.29 is 23.9 Å². The number of alkyl carbamates (subject to hydrolysis) is 1. The van der Waals surface area contributed by atoms with Crippen LogP contribution < -0.4 is 5.32 Å². The maximum absolute atomic E-state index is 12.6. The molecule has 152 valence electrons. The molecule has 0 saturated heterocycles. The van der Waals surface area contributed by atoms with Crippen molar-refractivity contribution in [1.82, 2.24) is 5.32 Å². The van der Waals surface area contributed by atoms with Crippen LogP contribution in [0.4, 0.5) is 4.79 Å². The highest BCUT2D eigenvalue weighted by Crippen LogP contribution is 2.15. The minimum absolute atomic E-state index is 0.0652. The number of hydrogen-bond donors (Lipinski definition) is 1. The summed E-state index contributed by atoms with van der Waals surface area (Å²) in [6, 6.07) is 25.3. The Morgan fingerprint density at radius 2 is 1.30 bits per heavy atom. The van der Waals surface area contributed by atoms with Crippen LogP contribution in [0.25, 0.3) is 0 Å². The van der Waals surface area contributed by atoms with Gasteiger partial charge in [-0.15, -0.1) is 0 Å². The Kier molecular flexibility index (Phi) is 7.33. The van der Waals surface area contributed by atoms with Gasteiger partial charge in [0.25, 0.3) is 0 Å². The number of rotatable bonds is 8. The van der Waals surface area contributed by atoms with E-state index in [1.165, 1.54) is 0 Å². The number of ether oxygens (including phenoxy) is 2. The molecule has 0 aliphatic rings. The quantitative estimate of drug-likeness (QED) is 0.453. The average molecular weight is 403 g/mol. The molecule has 0 spiro atoms. The van der Waals surface area contributed by atoms with Gasteiger partial charge in [-0.2, -0.15) is 0 Å². The van der Waals surface area contributed by atoms with Gasteiger partial charge in [0.1, 0.15) is 6.61 Å². The number of esters is 1. The Balaban J connectivity index is 1.62. The van der Waals surface area contributed by atoms with Gasteiger partial charge in [-0.3, -0.25) is 4.79 Å². The summed E-state index contributed by atoms with van der Waals surface area (Å²) in [6.07, 6.45) is -0.765. The maximum atomic E-state index is 12.6. The monoisotopic (exact) mass is 403 g/mol. The zero-order valence-corrected chi connectivity index (χ0v) is 16.2. The molecular formula is C24H21NO5. The Morgan fingerprint density at radius 3 is 1.93 bits per heavy atom. The van der Waals surface area contributed by atoms with Crippen LogP contribution >= 0.6 is 0 Å². The lowest BCUT2D eigenvalue weighted by Crippen LogP contribution is -2.36. The van der Waals surface area contributed by atoms with Crippen molar-refractivity contribution in [2.45, 2.75) is 12.6 Å². The molecule has 3 aromatic rings. The summed E-state index contributed by atoms with van der Waals surface area (Å²) in [7, 11) is 0. The van der Waals surface area contributed by atoms with Gasteiger partial charge < -0.3 is 14.8 Å². The standard InChI is InChI=1S/C24H21NO5/c26-21(19-12-6-2-7-13-19)17-29-23(27)22(20-14-8-3-9-15-20)25-24(28)30-16-18-10-4-1-5-11-18/h1-15,22H,16-17H2,(H,25,28). The third-order valence-electron chi connectivity index (χ3n) is 4.28. The molecule has 1 amide bonds. The lowest BCUT2D eigenvalue weighted by molar-refractivity contribution is -0.145. The first-order valence-corrected chi connectivity index (χ1v) is 9.40. The van der Waals surface area contributed by atoms with Crippen molar-refractivity contribution in [2.24, 2.45) is 0 Å². The fourth-order valence-corrected chi connectivity index (χ4v) is 2.73. The molecule has 6 nitrogen and oxygen atoms in total. The fourth-order valence-electron chi connectivity index (χ4n) is 2.73. The van der Waals surface area contributed by atoms with E-state index in [-0.39, 0.29) is 12.4 Å². The number of hydrogen-bond acceptors (Lipinski definition) is 5. The van der Waals surface area contributed by atoms with Crippen LogP contribution in [-0.4, -0.2) is 24.5 Å². The number of benzene rings is 3. The summed E-state index contributed by atoms with van der Waals surface area (Å²) in [4.78, 5) is 37.1. The molecule has 1 unspecified atom stereocenters. The summed E-state index contributed by atoms with van der Waals surface area (Å²) in [5.74, 6) is -1.08. The number of amides is 1. The zero-order chi connectivity index (χ0) is 21.2. The summed E-state index contributed by atoms with van der Waals surface area (Å²) in [6.45, 7) is -0.358. The smallest absolute Gasteiger partial charge is 0.408 e. The molecule has 0 heterocycles. The molecule has 0 saturated carbocycles. The van der Waals surface area contributed by atoms with Gasteiger partial charge in [-0.05, 0) is 11.1 Å². The highest BCUT2D eigenvalue weighted by Gasteiger charge is 2.25. The molecule has 3 aromatic carbocycles. The van der Waals surface area contributed by atoms with Crippen LogP contribution in [0.1, 0.15) is 27.5 Å². The lowest BCUT2D eigenvalue weighted by Gasteiger charge is -2.18. The molecule has 6 heteroatoms. The first-order chi connectivity index (χ1) is 14.6. The van der Waals surface area contributed by atoms with Gasteiger partial charge in [0.05, 0.1) is 0 Å². The predicted molar refractivity (Wildman–Crippen MR) is 111 cm³/mol. The Morgan fingerprint density at radius 1 is 0.733 bits per heavy atom. The van der Waals surface area contributed by atoms with Crippen molar-refractivity contribution in [1.29, 1.82) is 0 Å². The topological polar surface area (TPSA) is 81.7 Å². The van der Waals surface area contributed by atoms with Crippen molar-refractivity contribution >= 4 is 17.8 Å². The number of carbonyl (C=O) groups is 3. The van der Waals surface area contributed by atoms with Crippen LogP contribution in [0.3, 0.4) is 0 Å². The van der Waals surface area contributed by atoms with Crippen molar-refractivity contribution in [3.63, 3.8) is 0 Å². The second-order valence-electron chi connectivity index (χ2n) is 6.45. The highest BCUT2D eigenvalue weighted by atomic mass is 16.6. The van der Waals surface area contributed by atoms with E-state index in [1.54, 1.807) is 60.7 Å². The number of nitrogens with one attached hydrogen (secondary N) is 1. The maximum Gasteiger partial charge on any atom is 0.408 e. The minimum atomic E-state index is -1.10. The summed E-state index contributed by atoms with van der Waals surface area (Å²) in [5, 5.41) is 2.52. The first-order valence-electron chi connectivity index (χ1n) is 9.40. The van der Waals surface area contributed by atoms with Crippen molar-refractivity contribution in [2.75, 3.05) is 6.61 Å². The second-order valence-corrected chi connectivity index (χ2v) is 6.45. The number of Topliss-reactive ketones (excluding diaryl/α,β-unsaturated/α-hetero) is 1. The molecular weight excluding hydrogens is 382 g/mol. The highest BCUT2D eigenvalue weighted by molar-refractivity contribution is 5.98. The van der Waals surface area contributed by atoms with E-state index in [1.807, 2.05) is 30.3 Å². The second kappa shape index (κ2) is 10.6. The lowest BCUT2D eigenvalue weighted by atomic mass is 10.1. The molecule has 0 radical (unpaired) electrons. The molecule has 0 fully saturated rings. The Labute approximate surface area is 174 Å². The van der Waals surface area contributed by atoms with E-state index in [2.05, 4.69) is 5.32 Å². The van der Waals surface area contributed by atoms with Crippen LogP contribution in [0.15, 0.2) is 91.0 Å². The molecule has 1 atom stereocenters. The normalized spacial score (nSPS) is 11.2. The van der Waals surface area contributed by atoms with Crippen molar-refractivity contribution in [3.05, 3.63) is 108 Å². The van der Waals surface area contributed by atoms with Gasteiger partial charge in [-0.1, -0.05) is 91.0 Å². The largest absolute Gasteiger partial charge is 0.455 e. The van der Waals surface area contributed by atoms with Gasteiger partial charge >= 0.3 is 12.1 Å². The Bertz CT molecular complexity index is 974. The van der Waals surface area contributed by atoms with Gasteiger partial charge in [-0.25, -0.2) is 9.59 Å². The van der Waals surface area contributed by atoms with Gasteiger partial charge in [0.15, 0.2) is 18.4 Å². The third-order valence-corrected chi connectivity index (χ3v) is 4.28. The molecule has 0 aliphatic carbocycles. The zero-order valence-electron chi connectivity index (χ0n) is 16.2. The third kappa shape index (κ3) is 6.04. The van der Waals surface area contributed by atoms with E-state index in [0.29, 0.717) is 11.1 Å². The molecule has 1 N–H and O–H groups in total. The molecule has 0 bridgehead atoms. The molecule has 3 rings (SSSR count). The van der Waals surface area contributed by atoms with Crippen LogP contribution in [-0.2, 0) is 20.9 Å². The van der Waals surface area contributed by atoms with Gasteiger partial charge in [0, 0.05) is 5.56 Å². The number of ketones is 1. The Hall–Kier alpha value is -3.93. The summed E-state index contributed by atoms with van der Waals surface area (Å²) < 4.78 is 10.4. The van der Waals surface area contributed by atoms with E-state index in [9.17, 15) is 14.4 Å². The summed E-state index contributed by atoms with van der Waals surface area (Å²) >= 11 is 0.